The number of pyridine rings is 1. The van der Waals surface area contributed by atoms with Crippen LogP contribution >= 0.6 is 0 Å². The maximum atomic E-state index is 14.7. The molecule has 1 heterocycles. The molecule has 0 N–H and O–H groups in total. The first kappa shape index (κ1) is 16.8. The van der Waals surface area contributed by atoms with Gasteiger partial charge in [-0.05, 0) is 26.0 Å². The number of nitrogens with zero attached hydrogens (tertiary/aromatic N) is 1. The van der Waals surface area contributed by atoms with Gasteiger partial charge in [-0.15, -0.1) is 0 Å². The van der Waals surface area contributed by atoms with Gasteiger partial charge in [0.1, 0.15) is 11.6 Å². The van der Waals surface area contributed by atoms with E-state index in [-0.39, 0.29) is 24.1 Å². The zero-order valence-corrected chi connectivity index (χ0v) is 12.6. The second kappa shape index (κ2) is 7.13. The van der Waals surface area contributed by atoms with Gasteiger partial charge in [0.05, 0.1) is 18.7 Å². The van der Waals surface area contributed by atoms with Crippen molar-refractivity contribution in [2.45, 2.75) is 19.8 Å². The SMILES string of the molecule is CCOC(=O)C(C(=O)OCC)c1c(F)cc2ncccc2c1F. The molecule has 0 radical (unpaired) electrons. The summed E-state index contributed by atoms with van der Waals surface area (Å²) in [5, 5.41) is 0.00231. The van der Waals surface area contributed by atoms with Gasteiger partial charge in [0, 0.05) is 23.2 Å². The molecule has 0 unspecified atom stereocenters. The number of fused-ring (bicyclic) bond motifs is 1. The number of ether oxygens (including phenoxy) is 2. The molecule has 0 saturated heterocycles. The van der Waals surface area contributed by atoms with E-state index >= 15 is 0 Å². The predicted molar refractivity (Wildman–Crippen MR) is 77.7 cm³/mol. The maximum absolute atomic E-state index is 14.7. The number of benzene rings is 1. The lowest BCUT2D eigenvalue weighted by molar-refractivity contribution is -0.157. The molecule has 1 aromatic heterocycles. The number of rotatable bonds is 5. The molecule has 2 rings (SSSR count). The van der Waals surface area contributed by atoms with Crippen molar-refractivity contribution in [2.24, 2.45) is 0 Å². The lowest BCUT2D eigenvalue weighted by Gasteiger charge is -2.17. The summed E-state index contributed by atoms with van der Waals surface area (Å²) in [5.74, 6) is -6.03. The van der Waals surface area contributed by atoms with Crippen LogP contribution in [0.2, 0.25) is 0 Å². The third kappa shape index (κ3) is 3.28. The highest BCUT2D eigenvalue weighted by molar-refractivity contribution is 6.01. The van der Waals surface area contributed by atoms with E-state index < -0.39 is 35.1 Å². The Bertz CT molecular complexity index is 730. The van der Waals surface area contributed by atoms with Gasteiger partial charge in [0.2, 0.25) is 0 Å². The van der Waals surface area contributed by atoms with Crippen molar-refractivity contribution < 1.29 is 27.8 Å². The fraction of sp³-hybridized carbons (Fsp3) is 0.312. The standard InChI is InChI=1S/C16H15F2NO4/c1-3-22-15(20)13(16(21)23-4-2)12-10(17)8-11-9(14(12)18)6-5-7-19-11/h5-8,13H,3-4H2,1-2H3. The van der Waals surface area contributed by atoms with E-state index in [1.807, 2.05) is 0 Å². The van der Waals surface area contributed by atoms with Crippen molar-refractivity contribution >= 4 is 22.8 Å². The zero-order chi connectivity index (χ0) is 17.0. The van der Waals surface area contributed by atoms with Gasteiger partial charge in [-0.2, -0.15) is 0 Å². The zero-order valence-electron chi connectivity index (χ0n) is 12.6. The minimum Gasteiger partial charge on any atom is -0.465 e. The lowest BCUT2D eigenvalue weighted by atomic mass is 9.96. The van der Waals surface area contributed by atoms with Gasteiger partial charge in [0.25, 0.3) is 0 Å². The molecule has 122 valence electrons. The van der Waals surface area contributed by atoms with Gasteiger partial charge in [-0.3, -0.25) is 14.6 Å². The molecular weight excluding hydrogens is 308 g/mol. The second-order valence-electron chi connectivity index (χ2n) is 4.59. The normalized spacial score (nSPS) is 10.8. The highest BCUT2D eigenvalue weighted by Crippen LogP contribution is 2.30. The molecule has 7 heteroatoms. The third-order valence-corrected chi connectivity index (χ3v) is 3.17. The largest absolute Gasteiger partial charge is 0.465 e. The fourth-order valence-corrected chi connectivity index (χ4v) is 2.21. The molecular formula is C16H15F2NO4. The summed E-state index contributed by atoms with van der Waals surface area (Å²) >= 11 is 0. The van der Waals surface area contributed by atoms with Crippen molar-refractivity contribution in [2.75, 3.05) is 13.2 Å². The Morgan fingerprint density at radius 2 is 1.78 bits per heavy atom. The Morgan fingerprint density at radius 3 is 2.35 bits per heavy atom. The average molecular weight is 323 g/mol. The van der Waals surface area contributed by atoms with Gasteiger partial charge in [-0.25, -0.2) is 8.78 Å². The molecule has 0 bridgehead atoms. The number of aromatic nitrogens is 1. The Balaban J connectivity index is 2.64. The molecule has 0 amide bonds. The number of carbonyl (C=O) groups is 2. The Labute approximate surface area is 131 Å². The first-order valence-corrected chi connectivity index (χ1v) is 7.07. The highest BCUT2D eigenvalue weighted by Gasteiger charge is 2.37. The summed E-state index contributed by atoms with van der Waals surface area (Å²) in [6.45, 7) is 2.98. The molecule has 2 aromatic rings. The number of hydrogen-bond donors (Lipinski definition) is 0. The van der Waals surface area contributed by atoms with Crippen molar-refractivity contribution in [3.63, 3.8) is 0 Å². The quantitative estimate of drug-likeness (QED) is 0.625. The first-order valence-electron chi connectivity index (χ1n) is 7.07. The van der Waals surface area contributed by atoms with Gasteiger partial charge in [0.15, 0.2) is 5.92 Å². The van der Waals surface area contributed by atoms with E-state index in [1.165, 1.54) is 32.2 Å². The Kier molecular flexibility index (Phi) is 5.20. The summed E-state index contributed by atoms with van der Waals surface area (Å²) in [4.78, 5) is 27.9. The molecule has 0 atom stereocenters. The smallest absolute Gasteiger partial charge is 0.325 e. The minimum absolute atomic E-state index is 0.00231. The van der Waals surface area contributed by atoms with Crippen LogP contribution in [0.1, 0.15) is 25.3 Å². The van der Waals surface area contributed by atoms with Crippen LogP contribution in [0.4, 0.5) is 8.78 Å². The lowest BCUT2D eigenvalue weighted by Crippen LogP contribution is -2.28. The summed E-state index contributed by atoms with van der Waals surface area (Å²) in [7, 11) is 0. The monoisotopic (exact) mass is 323 g/mol. The highest BCUT2D eigenvalue weighted by atomic mass is 19.1. The van der Waals surface area contributed by atoms with E-state index in [4.69, 9.17) is 9.47 Å². The van der Waals surface area contributed by atoms with Gasteiger partial charge >= 0.3 is 11.9 Å². The summed E-state index contributed by atoms with van der Waals surface area (Å²) in [5.41, 5.74) is -0.611. The van der Waals surface area contributed by atoms with Crippen molar-refractivity contribution in [3.05, 3.63) is 41.6 Å². The summed E-state index contributed by atoms with van der Waals surface area (Å²) < 4.78 is 38.5. The number of halogens is 2. The molecule has 1 aromatic carbocycles. The summed E-state index contributed by atoms with van der Waals surface area (Å²) in [6.07, 6.45) is 1.38. The van der Waals surface area contributed by atoms with Crippen LogP contribution in [-0.4, -0.2) is 30.1 Å². The minimum atomic E-state index is -1.82. The topological polar surface area (TPSA) is 65.5 Å². The van der Waals surface area contributed by atoms with Crippen molar-refractivity contribution in [1.29, 1.82) is 0 Å². The van der Waals surface area contributed by atoms with E-state index in [2.05, 4.69) is 4.98 Å². The first-order chi connectivity index (χ1) is 11.0. The van der Waals surface area contributed by atoms with Crippen LogP contribution in [0.25, 0.3) is 10.9 Å². The van der Waals surface area contributed by atoms with Gasteiger partial charge < -0.3 is 9.47 Å². The number of esters is 2. The molecule has 23 heavy (non-hydrogen) atoms. The van der Waals surface area contributed by atoms with Crippen LogP contribution in [0.15, 0.2) is 24.4 Å². The Hall–Kier alpha value is -2.57. The molecule has 0 saturated carbocycles. The number of hydrogen-bond acceptors (Lipinski definition) is 5. The molecule has 0 fully saturated rings. The van der Waals surface area contributed by atoms with E-state index in [1.54, 1.807) is 0 Å². The summed E-state index contributed by atoms with van der Waals surface area (Å²) in [6, 6.07) is 3.82. The van der Waals surface area contributed by atoms with Crippen molar-refractivity contribution in [1.82, 2.24) is 4.98 Å². The van der Waals surface area contributed by atoms with Crippen LogP contribution in [-0.2, 0) is 19.1 Å². The Morgan fingerprint density at radius 1 is 1.17 bits per heavy atom. The third-order valence-electron chi connectivity index (χ3n) is 3.17. The molecule has 5 nitrogen and oxygen atoms in total. The van der Waals surface area contributed by atoms with Crippen molar-refractivity contribution in [3.8, 4) is 0 Å². The molecule has 0 aliphatic carbocycles. The van der Waals surface area contributed by atoms with Crippen LogP contribution in [0, 0.1) is 11.6 Å². The van der Waals surface area contributed by atoms with Crippen LogP contribution in [0.3, 0.4) is 0 Å². The molecule has 0 aliphatic rings. The molecule has 0 spiro atoms. The van der Waals surface area contributed by atoms with E-state index in [0.717, 1.165) is 6.07 Å². The average Bonchev–Trinajstić information content (AvgIpc) is 2.51. The van der Waals surface area contributed by atoms with Crippen LogP contribution < -0.4 is 0 Å². The fourth-order valence-electron chi connectivity index (χ4n) is 2.21. The van der Waals surface area contributed by atoms with E-state index in [9.17, 15) is 18.4 Å². The predicted octanol–water partition coefficient (Wildman–Crippen LogP) is 2.72. The second-order valence-corrected chi connectivity index (χ2v) is 4.59. The van der Waals surface area contributed by atoms with E-state index in [0.29, 0.717) is 0 Å². The maximum Gasteiger partial charge on any atom is 0.325 e. The van der Waals surface area contributed by atoms with Gasteiger partial charge in [-0.1, -0.05) is 0 Å². The van der Waals surface area contributed by atoms with Crippen LogP contribution in [0.5, 0.6) is 0 Å². The number of carbonyl (C=O) groups excluding carboxylic acids is 2. The molecule has 0 aliphatic heterocycles.